The van der Waals surface area contributed by atoms with Crippen LogP contribution in [-0.2, 0) is 22.5 Å². The molecule has 5 nitrogen and oxygen atoms in total. The minimum absolute atomic E-state index is 0.0247. The molecule has 3 aromatic carbocycles. The van der Waals surface area contributed by atoms with Crippen LogP contribution in [0.4, 0.5) is 0 Å². The highest BCUT2D eigenvalue weighted by Gasteiger charge is 2.23. The predicted molar refractivity (Wildman–Crippen MR) is 137 cm³/mol. The standard InChI is InChI=1S/C30H30N2O3/c1-21-26(19-27(33)35-30(2,3)4)28(22-13-7-5-8-14-22)31-32(21)20-24-17-11-12-18-25(24)29(34)23-15-9-6-10-16-23/h5-18H,19-20H2,1-4H3. The van der Waals surface area contributed by atoms with Gasteiger partial charge in [0.1, 0.15) is 5.60 Å². The van der Waals surface area contributed by atoms with Gasteiger partial charge in [-0.25, -0.2) is 0 Å². The quantitative estimate of drug-likeness (QED) is 0.247. The zero-order valence-corrected chi connectivity index (χ0v) is 20.6. The molecule has 0 saturated carbocycles. The van der Waals surface area contributed by atoms with Gasteiger partial charge in [-0.05, 0) is 33.3 Å². The topological polar surface area (TPSA) is 61.2 Å². The molecule has 35 heavy (non-hydrogen) atoms. The number of nitrogens with zero attached hydrogens (tertiary/aromatic N) is 2. The van der Waals surface area contributed by atoms with Gasteiger partial charge in [-0.1, -0.05) is 84.9 Å². The molecule has 0 fully saturated rings. The summed E-state index contributed by atoms with van der Waals surface area (Å²) in [5.41, 5.74) is 4.98. The van der Waals surface area contributed by atoms with Gasteiger partial charge in [0.05, 0.1) is 18.7 Å². The molecule has 0 aliphatic carbocycles. The van der Waals surface area contributed by atoms with Gasteiger partial charge in [0, 0.05) is 27.9 Å². The second-order valence-corrected chi connectivity index (χ2v) is 9.55. The molecule has 0 unspecified atom stereocenters. The van der Waals surface area contributed by atoms with Crippen LogP contribution in [0, 0.1) is 6.92 Å². The highest BCUT2D eigenvalue weighted by Crippen LogP contribution is 2.28. The largest absolute Gasteiger partial charge is 0.460 e. The number of hydrogen-bond donors (Lipinski definition) is 0. The van der Waals surface area contributed by atoms with Crippen molar-refractivity contribution in [1.82, 2.24) is 9.78 Å². The molecule has 5 heteroatoms. The maximum absolute atomic E-state index is 13.2. The van der Waals surface area contributed by atoms with Crippen molar-refractivity contribution >= 4 is 11.8 Å². The first kappa shape index (κ1) is 24.1. The third-order valence-electron chi connectivity index (χ3n) is 5.74. The summed E-state index contributed by atoms with van der Waals surface area (Å²) in [6.45, 7) is 7.95. The molecule has 0 aliphatic heterocycles. The fourth-order valence-electron chi connectivity index (χ4n) is 4.08. The molecule has 1 aromatic heterocycles. The fourth-order valence-corrected chi connectivity index (χ4v) is 4.08. The van der Waals surface area contributed by atoms with Gasteiger partial charge in [-0.15, -0.1) is 0 Å². The van der Waals surface area contributed by atoms with E-state index in [1.165, 1.54) is 0 Å². The summed E-state index contributed by atoms with van der Waals surface area (Å²) >= 11 is 0. The van der Waals surface area contributed by atoms with E-state index in [1.54, 1.807) is 0 Å². The summed E-state index contributed by atoms with van der Waals surface area (Å²) in [6, 6.07) is 26.7. The van der Waals surface area contributed by atoms with Crippen LogP contribution in [0.3, 0.4) is 0 Å². The predicted octanol–water partition coefficient (Wildman–Crippen LogP) is 6.02. The Hall–Kier alpha value is -3.99. The monoisotopic (exact) mass is 466 g/mol. The van der Waals surface area contributed by atoms with E-state index in [-0.39, 0.29) is 18.2 Å². The Morgan fingerprint density at radius 3 is 2.11 bits per heavy atom. The van der Waals surface area contributed by atoms with Gasteiger partial charge in [0.25, 0.3) is 0 Å². The van der Waals surface area contributed by atoms with E-state index in [4.69, 9.17) is 9.84 Å². The number of rotatable bonds is 7. The van der Waals surface area contributed by atoms with E-state index in [0.29, 0.717) is 17.7 Å². The molecule has 0 radical (unpaired) electrons. The van der Waals surface area contributed by atoms with E-state index in [1.807, 2.05) is 117 Å². The molecule has 1 heterocycles. The maximum atomic E-state index is 13.2. The summed E-state index contributed by atoms with van der Waals surface area (Å²) in [4.78, 5) is 26.0. The van der Waals surface area contributed by atoms with E-state index in [9.17, 15) is 9.59 Å². The average molecular weight is 467 g/mol. The van der Waals surface area contributed by atoms with Gasteiger partial charge in [-0.2, -0.15) is 5.10 Å². The normalized spacial score (nSPS) is 11.3. The van der Waals surface area contributed by atoms with Crippen LogP contribution in [-0.4, -0.2) is 27.1 Å². The summed E-state index contributed by atoms with van der Waals surface area (Å²) in [6.07, 6.45) is 0.123. The average Bonchev–Trinajstić information content (AvgIpc) is 3.14. The first-order valence-electron chi connectivity index (χ1n) is 11.7. The zero-order valence-electron chi connectivity index (χ0n) is 20.6. The molecule has 0 atom stereocenters. The highest BCUT2D eigenvalue weighted by molar-refractivity contribution is 6.09. The molecule has 4 aromatic rings. The Labute approximate surface area is 206 Å². The van der Waals surface area contributed by atoms with E-state index in [2.05, 4.69) is 0 Å². The molecule has 0 saturated heterocycles. The summed E-state index contributed by atoms with van der Waals surface area (Å²) in [7, 11) is 0. The van der Waals surface area contributed by atoms with Crippen molar-refractivity contribution in [1.29, 1.82) is 0 Å². The molecule has 4 rings (SSSR count). The Kier molecular flexibility index (Phi) is 6.97. The smallest absolute Gasteiger partial charge is 0.310 e. The Morgan fingerprint density at radius 1 is 0.857 bits per heavy atom. The number of ether oxygens (including phenoxy) is 1. The lowest BCUT2D eigenvalue weighted by atomic mass is 9.98. The molecule has 0 spiro atoms. The maximum Gasteiger partial charge on any atom is 0.310 e. The van der Waals surface area contributed by atoms with E-state index in [0.717, 1.165) is 28.1 Å². The molecule has 178 valence electrons. The molecular formula is C30H30N2O3. The number of hydrogen-bond acceptors (Lipinski definition) is 4. The van der Waals surface area contributed by atoms with Gasteiger partial charge in [0.15, 0.2) is 5.78 Å². The van der Waals surface area contributed by atoms with E-state index < -0.39 is 5.60 Å². The van der Waals surface area contributed by atoms with Crippen LogP contribution >= 0.6 is 0 Å². The number of aromatic nitrogens is 2. The van der Waals surface area contributed by atoms with Crippen molar-refractivity contribution in [3.63, 3.8) is 0 Å². The number of esters is 1. The first-order valence-corrected chi connectivity index (χ1v) is 11.7. The van der Waals surface area contributed by atoms with Crippen LogP contribution in [0.2, 0.25) is 0 Å². The molecular weight excluding hydrogens is 436 g/mol. The molecule has 0 bridgehead atoms. The van der Waals surface area contributed by atoms with Crippen molar-refractivity contribution in [3.05, 3.63) is 113 Å². The van der Waals surface area contributed by atoms with Crippen LogP contribution in [0.25, 0.3) is 11.3 Å². The van der Waals surface area contributed by atoms with Crippen molar-refractivity contribution in [2.24, 2.45) is 0 Å². The lowest BCUT2D eigenvalue weighted by Gasteiger charge is -2.19. The SMILES string of the molecule is Cc1c(CC(=O)OC(C)(C)C)c(-c2ccccc2)nn1Cc1ccccc1C(=O)c1ccccc1. The second-order valence-electron chi connectivity index (χ2n) is 9.55. The van der Waals surface area contributed by atoms with Crippen LogP contribution in [0.5, 0.6) is 0 Å². The Morgan fingerprint density at radius 2 is 1.46 bits per heavy atom. The van der Waals surface area contributed by atoms with E-state index >= 15 is 0 Å². The van der Waals surface area contributed by atoms with Crippen molar-refractivity contribution in [2.75, 3.05) is 0 Å². The minimum atomic E-state index is -0.565. The summed E-state index contributed by atoms with van der Waals surface area (Å²) in [5, 5.41) is 4.90. The Bertz CT molecular complexity index is 1330. The first-order chi connectivity index (χ1) is 16.7. The van der Waals surface area contributed by atoms with Crippen LogP contribution in [0.1, 0.15) is 53.5 Å². The lowest BCUT2D eigenvalue weighted by Crippen LogP contribution is -2.25. The highest BCUT2D eigenvalue weighted by atomic mass is 16.6. The lowest BCUT2D eigenvalue weighted by molar-refractivity contribution is -0.153. The number of ketones is 1. The van der Waals surface area contributed by atoms with Crippen LogP contribution < -0.4 is 0 Å². The zero-order chi connectivity index (χ0) is 25.0. The fraction of sp³-hybridized carbons (Fsp3) is 0.233. The Balaban J connectivity index is 1.72. The van der Waals surface area contributed by atoms with Crippen molar-refractivity contribution < 1.29 is 14.3 Å². The van der Waals surface area contributed by atoms with Crippen LogP contribution in [0.15, 0.2) is 84.9 Å². The van der Waals surface area contributed by atoms with Gasteiger partial charge in [0.2, 0.25) is 0 Å². The number of carbonyl (C=O) groups excluding carboxylic acids is 2. The molecule has 0 N–H and O–H groups in total. The minimum Gasteiger partial charge on any atom is -0.460 e. The number of carbonyl (C=O) groups is 2. The van der Waals surface area contributed by atoms with Crippen molar-refractivity contribution in [2.45, 2.75) is 46.3 Å². The summed E-state index contributed by atoms with van der Waals surface area (Å²) in [5.74, 6) is -0.319. The van der Waals surface area contributed by atoms with Gasteiger partial charge >= 0.3 is 5.97 Å². The van der Waals surface area contributed by atoms with Gasteiger partial charge in [-0.3, -0.25) is 14.3 Å². The third-order valence-corrected chi connectivity index (χ3v) is 5.74. The third kappa shape index (κ3) is 5.75. The number of benzene rings is 3. The molecule has 0 amide bonds. The van der Waals surface area contributed by atoms with Crippen molar-refractivity contribution in [3.8, 4) is 11.3 Å². The summed E-state index contributed by atoms with van der Waals surface area (Å²) < 4.78 is 7.47. The van der Waals surface area contributed by atoms with Gasteiger partial charge < -0.3 is 4.74 Å². The second kappa shape index (κ2) is 10.1. The molecule has 0 aliphatic rings.